The molecule has 1 saturated heterocycles. The van der Waals surface area contributed by atoms with Crippen LogP contribution in [0.5, 0.6) is 0 Å². The van der Waals surface area contributed by atoms with Gasteiger partial charge in [0.25, 0.3) is 0 Å². The summed E-state index contributed by atoms with van der Waals surface area (Å²) in [6.07, 6.45) is 2.09. The first-order chi connectivity index (χ1) is 6.19. The Kier molecular flexibility index (Phi) is 4.35. The maximum atomic E-state index is 11.5. The molecule has 0 aromatic carbocycles. The maximum absolute atomic E-state index is 11.5. The minimum Gasteiger partial charge on any atom is -0.327 e. The van der Waals surface area contributed by atoms with Crippen LogP contribution in [0.4, 0.5) is 0 Å². The van der Waals surface area contributed by atoms with Crippen LogP contribution in [-0.4, -0.2) is 33.4 Å². The molecule has 0 saturated carbocycles. The van der Waals surface area contributed by atoms with Crippen molar-refractivity contribution in [3.8, 4) is 0 Å². The largest absolute Gasteiger partial charge is 0.327 e. The van der Waals surface area contributed by atoms with E-state index in [2.05, 4.69) is 11.2 Å². The van der Waals surface area contributed by atoms with Gasteiger partial charge in [-0.15, -0.1) is 0 Å². The molecule has 0 aromatic rings. The minimum atomic E-state index is -0.773. The van der Waals surface area contributed by atoms with Crippen LogP contribution >= 0.6 is 0 Å². The Hall–Kier alpha value is 0.0700. The second-order valence-corrected chi connectivity index (χ2v) is 5.36. The van der Waals surface area contributed by atoms with Gasteiger partial charge in [0.05, 0.1) is 11.0 Å². The van der Waals surface area contributed by atoms with E-state index in [1.54, 1.807) is 0 Å². The summed E-state index contributed by atoms with van der Waals surface area (Å²) >= 11 is 0. The SMILES string of the molecule is CCC1CN(S(=O)CC)CCC1N. The van der Waals surface area contributed by atoms with Crippen LogP contribution < -0.4 is 5.73 Å². The Bertz CT molecular complexity index is 186. The molecule has 1 aliphatic heterocycles. The molecular weight excluding hydrogens is 184 g/mol. The van der Waals surface area contributed by atoms with Gasteiger partial charge in [0.15, 0.2) is 0 Å². The van der Waals surface area contributed by atoms with Gasteiger partial charge in [0.2, 0.25) is 0 Å². The van der Waals surface area contributed by atoms with Crippen molar-refractivity contribution in [3.05, 3.63) is 0 Å². The van der Waals surface area contributed by atoms with E-state index in [9.17, 15) is 4.21 Å². The normalized spacial score (nSPS) is 33.2. The van der Waals surface area contributed by atoms with Crippen molar-refractivity contribution >= 4 is 11.0 Å². The molecule has 1 rings (SSSR count). The Morgan fingerprint density at radius 3 is 2.77 bits per heavy atom. The molecule has 3 atom stereocenters. The fourth-order valence-corrected chi connectivity index (χ4v) is 2.85. The zero-order valence-electron chi connectivity index (χ0n) is 8.53. The van der Waals surface area contributed by atoms with E-state index < -0.39 is 11.0 Å². The fourth-order valence-electron chi connectivity index (χ4n) is 1.82. The van der Waals surface area contributed by atoms with Crippen LogP contribution in [0.25, 0.3) is 0 Å². The van der Waals surface area contributed by atoms with E-state index in [-0.39, 0.29) is 0 Å². The molecule has 0 amide bonds. The second-order valence-electron chi connectivity index (χ2n) is 3.62. The molecule has 0 aliphatic carbocycles. The van der Waals surface area contributed by atoms with Gasteiger partial charge in [-0.1, -0.05) is 20.3 Å². The van der Waals surface area contributed by atoms with E-state index >= 15 is 0 Å². The predicted molar refractivity (Wildman–Crippen MR) is 56.6 cm³/mol. The van der Waals surface area contributed by atoms with Crippen molar-refractivity contribution < 1.29 is 4.21 Å². The van der Waals surface area contributed by atoms with Crippen LogP contribution in [-0.2, 0) is 11.0 Å². The van der Waals surface area contributed by atoms with E-state index in [0.29, 0.717) is 12.0 Å². The molecule has 3 unspecified atom stereocenters. The summed E-state index contributed by atoms with van der Waals surface area (Å²) in [6.45, 7) is 5.94. The quantitative estimate of drug-likeness (QED) is 0.736. The highest BCUT2D eigenvalue weighted by Crippen LogP contribution is 2.19. The average molecular weight is 204 g/mol. The van der Waals surface area contributed by atoms with Crippen molar-refractivity contribution in [2.75, 3.05) is 18.8 Å². The third-order valence-electron chi connectivity index (χ3n) is 2.81. The van der Waals surface area contributed by atoms with Gasteiger partial charge in [-0.3, -0.25) is 0 Å². The Morgan fingerprint density at radius 1 is 1.54 bits per heavy atom. The van der Waals surface area contributed by atoms with Crippen LogP contribution in [0.2, 0.25) is 0 Å². The molecular formula is C9H20N2OS. The van der Waals surface area contributed by atoms with Crippen LogP contribution in [0.3, 0.4) is 0 Å². The molecule has 78 valence electrons. The zero-order valence-corrected chi connectivity index (χ0v) is 9.35. The summed E-state index contributed by atoms with van der Waals surface area (Å²) in [5, 5.41) is 0. The molecule has 3 nitrogen and oxygen atoms in total. The lowest BCUT2D eigenvalue weighted by Gasteiger charge is -2.35. The van der Waals surface area contributed by atoms with Crippen molar-refractivity contribution in [3.63, 3.8) is 0 Å². The molecule has 1 heterocycles. The fraction of sp³-hybridized carbons (Fsp3) is 1.00. The predicted octanol–water partition coefficient (Wildman–Crippen LogP) is 0.729. The van der Waals surface area contributed by atoms with E-state index in [1.807, 2.05) is 6.92 Å². The third-order valence-corrected chi connectivity index (χ3v) is 4.22. The monoisotopic (exact) mass is 204 g/mol. The summed E-state index contributed by atoms with van der Waals surface area (Å²) in [5.74, 6) is 1.26. The molecule has 0 spiro atoms. The first-order valence-electron chi connectivity index (χ1n) is 5.08. The highest BCUT2D eigenvalue weighted by atomic mass is 32.2. The maximum Gasteiger partial charge on any atom is 0.0939 e. The molecule has 0 radical (unpaired) electrons. The van der Waals surface area contributed by atoms with E-state index in [4.69, 9.17) is 5.73 Å². The van der Waals surface area contributed by atoms with Gasteiger partial charge in [0.1, 0.15) is 0 Å². The van der Waals surface area contributed by atoms with E-state index in [1.165, 1.54) is 0 Å². The van der Waals surface area contributed by atoms with Crippen molar-refractivity contribution in [1.82, 2.24) is 4.31 Å². The van der Waals surface area contributed by atoms with Gasteiger partial charge < -0.3 is 5.73 Å². The van der Waals surface area contributed by atoms with Gasteiger partial charge >= 0.3 is 0 Å². The topological polar surface area (TPSA) is 46.3 Å². The number of nitrogens with two attached hydrogens (primary N) is 1. The number of rotatable bonds is 3. The van der Waals surface area contributed by atoms with Gasteiger partial charge in [-0.05, 0) is 12.3 Å². The minimum absolute atomic E-state index is 0.315. The smallest absolute Gasteiger partial charge is 0.0939 e. The van der Waals surface area contributed by atoms with Crippen LogP contribution in [0.15, 0.2) is 0 Å². The zero-order chi connectivity index (χ0) is 9.84. The molecule has 0 bridgehead atoms. The second kappa shape index (κ2) is 5.08. The lowest BCUT2D eigenvalue weighted by atomic mass is 9.92. The number of hydrogen-bond acceptors (Lipinski definition) is 2. The van der Waals surface area contributed by atoms with Crippen molar-refractivity contribution in [2.45, 2.75) is 32.7 Å². The summed E-state index contributed by atoms with van der Waals surface area (Å²) in [4.78, 5) is 0. The summed E-state index contributed by atoms with van der Waals surface area (Å²) in [5.41, 5.74) is 5.97. The lowest BCUT2D eigenvalue weighted by molar-refractivity contribution is 0.238. The number of nitrogens with zero attached hydrogens (tertiary/aromatic N) is 1. The van der Waals surface area contributed by atoms with Gasteiger partial charge in [0, 0.05) is 24.9 Å². The lowest BCUT2D eigenvalue weighted by Crippen LogP contribution is -2.47. The summed E-state index contributed by atoms with van der Waals surface area (Å²) in [6, 6.07) is 0.315. The summed E-state index contributed by atoms with van der Waals surface area (Å²) < 4.78 is 13.6. The standard InChI is InChI=1S/C9H20N2OS/c1-3-8-7-11(13(12)4-2)6-5-9(8)10/h8-9H,3-7,10H2,1-2H3. The van der Waals surface area contributed by atoms with Crippen molar-refractivity contribution in [2.24, 2.45) is 11.7 Å². The first-order valence-corrected chi connectivity index (χ1v) is 6.35. The van der Waals surface area contributed by atoms with Gasteiger partial charge in [-0.2, -0.15) is 0 Å². The Balaban J connectivity index is 2.49. The highest BCUT2D eigenvalue weighted by molar-refractivity contribution is 7.82. The summed E-state index contributed by atoms with van der Waals surface area (Å²) in [7, 11) is -0.773. The molecule has 1 aliphatic rings. The van der Waals surface area contributed by atoms with E-state index in [0.717, 1.165) is 31.7 Å². The molecule has 4 heteroatoms. The number of piperidine rings is 1. The Morgan fingerprint density at radius 2 is 2.23 bits per heavy atom. The molecule has 13 heavy (non-hydrogen) atoms. The highest BCUT2D eigenvalue weighted by Gasteiger charge is 2.27. The average Bonchev–Trinajstić information content (AvgIpc) is 2.17. The molecule has 1 fully saturated rings. The van der Waals surface area contributed by atoms with Crippen LogP contribution in [0, 0.1) is 5.92 Å². The van der Waals surface area contributed by atoms with Gasteiger partial charge in [-0.25, -0.2) is 8.51 Å². The third kappa shape index (κ3) is 2.76. The number of hydrogen-bond donors (Lipinski definition) is 1. The van der Waals surface area contributed by atoms with Crippen LogP contribution in [0.1, 0.15) is 26.7 Å². The Labute approximate surface area is 83.3 Å². The van der Waals surface area contributed by atoms with Crippen molar-refractivity contribution in [1.29, 1.82) is 0 Å². The molecule has 2 N–H and O–H groups in total. The first kappa shape index (κ1) is 11.1. The molecule has 0 aromatic heterocycles.